The number of piperidine rings is 1. The number of benzene rings is 1. The monoisotopic (exact) mass is 248 g/mol. The van der Waals surface area contributed by atoms with Crippen LogP contribution in [0.3, 0.4) is 0 Å². The van der Waals surface area contributed by atoms with Gasteiger partial charge in [0.25, 0.3) is 0 Å². The topological polar surface area (TPSA) is 66.6 Å². The predicted molar refractivity (Wildman–Crippen MR) is 73.0 cm³/mol. The normalized spacial score (nSPS) is 19.8. The van der Waals surface area contributed by atoms with Crippen molar-refractivity contribution in [3.05, 3.63) is 23.8 Å². The number of anilines is 2. The van der Waals surface area contributed by atoms with E-state index in [9.17, 15) is 9.90 Å². The molecule has 0 saturated carbocycles. The zero-order valence-electron chi connectivity index (χ0n) is 10.7. The Bertz CT molecular complexity index is 445. The third-order valence-corrected chi connectivity index (χ3v) is 3.71. The van der Waals surface area contributed by atoms with Gasteiger partial charge in [-0.25, -0.2) is 4.79 Å². The Morgan fingerprint density at radius 2 is 2.33 bits per heavy atom. The van der Waals surface area contributed by atoms with Gasteiger partial charge in [-0.1, -0.05) is 19.4 Å². The highest BCUT2D eigenvalue weighted by molar-refractivity contribution is 5.98. The fraction of sp³-hybridized carbons (Fsp3) is 0.500. The molecule has 0 amide bonds. The summed E-state index contributed by atoms with van der Waals surface area (Å²) < 4.78 is 0. The van der Waals surface area contributed by atoms with Gasteiger partial charge >= 0.3 is 5.97 Å². The van der Waals surface area contributed by atoms with Crippen LogP contribution in [-0.2, 0) is 0 Å². The number of rotatable bonds is 3. The quantitative estimate of drug-likeness (QED) is 0.807. The van der Waals surface area contributed by atoms with Crippen molar-refractivity contribution in [2.45, 2.75) is 26.2 Å². The van der Waals surface area contributed by atoms with Crippen molar-refractivity contribution in [2.24, 2.45) is 5.92 Å². The zero-order valence-corrected chi connectivity index (χ0v) is 10.7. The molecule has 0 aliphatic carbocycles. The van der Waals surface area contributed by atoms with E-state index < -0.39 is 5.97 Å². The summed E-state index contributed by atoms with van der Waals surface area (Å²) in [6, 6.07) is 5.10. The summed E-state index contributed by atoms with van der Waals surface area (Å²) >= 11 is 0. The second-order valence-electron chi connectivity index (χ2n) is 4.91. The molecule has 0 radical (unpaired) electrons. The molecule has 1 fully saturated rings. The Labute approximate surface area is 107 Å². The average molecular weight is 248 g/mol. The Kier molecular flexibility index (Phi) is 3.75. The second-order valence-corrected chi connectivity index (χ2v) is 4.91. The molecule has 18 heavy (non-hydrogen) atoms. The molecule has 0 bridgehead atoms. The van der Waals surface area contributed by atoms with E-state index in [4.69, 9.17) is 5.73 Å². The fourth-order valence-corrected chi connectivity index (χ4v) is 2.69. The molecule has 2 rings (SSSR count). The molecule has 3 N–H and O–H groups in total. The van der Waals surface area contributed by atoms with E-state index in [0.29, 0.717) is 22.9 Å². The standard InChI is InChI=1S/C14H20N2O2/c1-2-10-5-4-8-16(9-10)13-11(14(17)18)6-3-7-12(13)15/h3,6-7,10H,2,4-5,8-9,15H2,1H3,(H,17,18). The van der Waals surface area contributed by atoms with Crippen LogP contribution in [0, 0.1) is 5.92 Å². The van der Waals surface area contributed by atoms with Crippen molar-refractivity contribution >= 4 is 17.3 Å². The highest BCUT2D eigenvalue weighted by atomic mass is 16.4. The minimum absolute atomic E-state index is 0.312. The minimum atomic E-state index is -0.907. The molecule has 4 heteroatoms. The van der Waals surface area contributed by atoms with Crippen LogP contribution < -0.4 is 10.6 Å². The third-order valence-electron chi connectivity index (χ3n) is 3.71. The highest BCUT2D eigenvalue weighted by Crippen LogP contribution is 2.32. The van der Waals surface area contributed by atoms with Crippen LogP contribution in [0.15, 0.2) is 18.2 Å². The van der Waals surface area contributed by atoms with Crippen molar-refractivity contribution in [2.75, 3.05) is 23.7 Å². The molecule has 4 nitrogen and oxygen atoms in total. The molecular formula is C14H20N2O2. The van der Waals surface area contributed by atoms with Crippen LogP contribution in [0.1, 0.15) is 36.5 Å². The first kappa shape index (κ1) is 12.7. The number of carboxylic acids is 1. The van der Waals surface area contributed by atoms with Crippen molar-refractivity contribution in [1.82, 2.24) is 0 Å². The summed E-state index contributed by atoms with van der Waals surface area (Å²) in [7, 11) is 0. The van der Waals surface area contributed by atoms with Gasteiger partial charge in [0.15, 0.2) is 0 Å². The van der Waals surface area contributed by atoms with Crippen molar-refractivity contribution in [3.8, 4) is 0 Å². The first-order chi connectivity index (χ1) is 8.63. The first-order valence-corrected chi connectivity index (χ1v) is 6.50. The molecule has 0 spiro atoms. The fourth-order valence-electron chi connectivity index (χ4n) is 2.69. The molecule has 1 aliphatic heterocycles. The molecule has 1 aromatic rings. The number of hydrogen-bond donors (Lipinski definition) is 2. The van der Waals surface area contributed by atoms with Gasteiger partial charge in [0.05, 0.1) is 16.9 Å². The van der Waals surface area contributed by atoms with Gasteiger partial charge in [-0.15, -0.1) is 0 Å². The van der Waals surface area contributed by atoms with E-state index in [0.717, 1.165) is 25.9 Å². The Morgan fingerprint density at radius 3 is 3.00 bits per heavy atom. The van der Waals surface area contributed by atoms with Crippen LogP contribution in [0.4, 0.5) is 11.4 Å². The van der Waals surface area contributed by atoms with Crippen LogP contribution in [0.25, 0.3) is 0 Å². The molecule has 1 aromatic carbocycles. The van der Waals surface area contributed by atoms with Gasteiger partial charge in [-0.05, 0) is 30.9 Å². The number of aromatic carboxylic acids is 1. The number of nitrogens with two attached hydrogens (primary N) is 1. The molecule has 1 unspecified atom stereocenters. The lowest BCUT2D eigenvalue weighted by Crippen LogP contribution is -2.36. The number of carbonyl (C=O) groups is 1. The van der Waals surface area contributed by atoms with Crippen LogP contribution in [0.5, 0.6) is 0 Å². The summed E-state index contributed by atoms with van der Waals surface area (Å²) in [6.45, 7) is 3.98. The van der Waals surface area contributed by atoms with E-state index in [1.54, 1.807) is 18.2 Å². The molecule has 98 valence electrons. The molecule has 1 aliphatic rings. The van der Waals surface area contributed by atoms with Gasteiger partial charge < -0.3 is 15.7 Å². The summed E-state index contributed by atoms with van der Waals surface area (Å²) in [5.74, 6) is -0.268. The van der Waals surface area contributed by atoms with Crippen LogP contribution >= 0.6 is 0 Å². The zero-order chi connectivity index (χ0) is 13.1. The maximum Gasteiger partial charge on any atom is 0.337 e. The summed E-state index contributed by atoms with van der Waals surface area (Å²) in [6.07, 6.45) is 3.46. The number of hydrogen-bond acceptors (Lipinski definition) is 3. The van der Waals surface area contributed by atoms with Crippen LogP contribution in [-0.4, -0.2) is 24.2 Å². The smallest absolute Gasteiger partial charge is 0.337 e. The predicted octanol–water partition coefficient (Wildman–Crippen LogP) is 2.59. The Balaban J connectivity index is 2.34. The highest BCUT2D eigenvalue weighted by Gasteiger charge is 2.24. The number of nitrogens with zero attached hydrogens (tertiary/aromatic N) is 1. The van der Waals surface area contributed by atoms with Gasteiger partial charge in [-0.3, -0.25) is 0 Å². The van der Waals surface area contributed by atoms with Crippen LogP contribution in [0.2, 0.25) is 0 Å². The maximum absolute atomic E-state index is 11.3. The van der Waals surface area contributed by atoms with E-state index in [2.05, 4.69) is 11.8 Å². The van der Waals surface area contributed by atoms with Crippen molar-refractivity contribution < 1.29 is 9.90 Å². The van der Waals surface area contributed by atoms with E-state index in [1.165, 1.54) is 6.42 Å². The second kappa shape index (κ2) is 5.29. The number of nitrogen functional groups attached to an aromatic ring is 1. The lowest BCUT2D eigenvalue weighted by atomic mass is 9.94. The SMILES string of the molecule is CCC1CCCN(c2c(N)cccc2C(=O)O)C1. The van der Waals surface area contributed by atoms with E-state index >= 15 is 0 Å². The number of para-hydroxylation sites is 1. The van der Waals surface area contributed by atoms with Gasteiger partial charge in [0.2, 0.25) is 0 Å². The minimum Gasteiger partial charge on any atom is -0.478 e. The Morgan fingerprint density at radius 1 is 1.56 bits per heavy atom. The molecule has 0 aromatic heterocycles. The Hall–Kier alpha value is -1.71. The van der Waals surface area contributed by atoms with Gasteiger partial charge in [0, 0.05) is 13.1 Å². The molecule has 1 atom stereocenters. The molecule has 1 saturated heterocycles. The van der Waals surface area contributed by atoms with Gasteiger partial charge in [0.1, 0.15) is 0 Å². The first-order valence-electron chi connectivity index (χ1n) is 6.50. The number of carboxylic acid groups (broad SMARTS) is 1. The van der Waals surface area contributed by atoms with Crippen molar-refractivity contribution in [3.63, 3.8) is 0 Å². The van der Waals surface area contributed by atoms with Crippen molar-refractivity contribution in [1.29, 1.82) is 0 Å². The van der Waals surface area contributed by atoms with E-state index in [1.807, 2.05) is 0 Å². The maximum atomic E-state index is 11.3. The lowest BCUT2D eigenvalue weighted by Gasteiger charge is -2.35. The van der Waals surface area contributed by atoms with Gasteiger partial charge in [-0.2, -0.15) is 0 Å². The third kappa shape index (κ3) is 2.42. The molecular weight excluding hydrogens is 228 g/mol. The lowest BCUT2D eigenvalue weighted by molar-refractivity contribution is 0.0697. The summed E-state index contributed by atoms with van der Waals surface area (Å²) in [5.41, 5.74) is 7.54. The molecule has 1 heterocycles. The largest absolute Gasteiger partial charge is 0.478 e. The summed E-state index contributed by atoms with van der Waals surface area (Å²) in [5, 5.41) is 9.26. The average Bonchev–Trinajstić information content (AvgIpc) is 2.38. The summed E-state index contributed by atoms with van der Waals surface area (Å²) in [4.78, 5) is 13.4. The van der Waals surface area contributed by atoms with E-state index in [-0.39, 0.29) is 0 Å².